The SMILES string of the molecule is CC[C@@]1(O)CC[C@H]2[C@H](CC[C@@H]3[C@@H]2CC[C@]2(C)[C@@H](C(=O)Cc4cccs4)CC[C@@H]32)C1.C[C@@]1(O)CC[C@H]2[C@H](CC[C@@H]3[C@@H]2CC[C@]2(C)[C@@H](C(=O)Cc4cccs4)CC[C@@H]32)C1.C[C@@]1(O)CC[C@H]2[C@H](CC[C@@H]3[C@@H]2CC[C@]2(C)[C@@H](C(=O)Cc4ccn[nH]4)CC[C@@H]32)C1.C[C@]12CC[C@H]3[C@@H](CC[C@@H]4C[C@@](O)(C(F)(F)F)CC[C@@H]43)[C@@H]1CC[C@@H]2C(=O)Cc1cccs1. The highest BCUT2D eigenvalue weighted by molar-refractivity contribution is 7.10. The number of carbonyl (C=O) groups excluding carboxylic acids is 4. The summed E-state index contributed by atoms with van der Waals surface area (Å²) >= 11 is 5.11. The largest absolute Gasteiger partial charge is 0.417 e. The van der Waals surface area contributed by atoms with E-state index in [-0.39, 0.29) is 69.7 Å². The maximum Gasteiger partial charge on any atom is 0.417 e. The van der Waals surface area contributed by atoms with Gasteiger partial charge in [-0.1, -0.05) is 52.8 Å². The van der Waals surface area contributed by atoms with Crippen molar-refractivity contribution in [2.75, 3.05) is 0 Å². The van der Waals surface area contributed by atoms with Gasteiger partial charge in [0.25, 0.3) is 0 Å². The number of alkyl halides is 3. The van der Waals surface area contributed by atoms with Crippen LogP contribution in [0.4, 0.5) is 13.2 Å². The van der Waals surface area contributed by atoms with Gasteiger partial charge in [0.05, 0.1) is 16.8 Å². The minimum atomic E-state index is -4.53. The molecule has 10 nitrogen and oxygen atoms in total. The fourth-order valence-electron chi connectivity index (χ4n) is 33.5. The number of nitrogens with zero attached hydrogens (tertiary/aromatic N) is 1. The molecule has 0 unspecified atom stereocenters. The highest BCUT2D eigenvalue weighted by Gasteiger charge is 2.66. The molecule has 20 rings (SSSR count). The monoisotopic (exact) mass is 1650 g/mol. The van der Waals surface area contributed by atoms with E-state index in [4.69, 9.17) is 0 Å². The fourth-order valence-corrected chi connectivity index (χ4v) is 35.7. The summed E-state index contributed by atoms with van der Waals surface area (Å²) in [6, 6.07) is 14.4. The first-order valence-corrected chi connectivity index (χ1v) is 50.1. The van der Waals surface area contributed by atoms with Gasteiger partial charge in [-0.2, -0.15) is 18.3 Å². The number of rotatable bonds is 13. The molecule has 16 aliphatic rings. The minimum absolute atomic E-state index is 0.0105. The van der Waals surface area contributed by atoms with Crippen molar-refractivity contribution in [2.45, 2.75) is 340 Å². The Kier molecular flexibility index (Phi) is 24.1. The maximum atomic E-state index is 13.4. The number of aliphatic hydroxyl groups is 4. The van der Waals surface area contributed by atoms with Crippen LogP contribution >= 0.6 is 34.0 Å². The van der Waals surface area contributed by atoms with Crippen molar-refractivity contribution in [3.63, 3.8) is 0 Å². The zero-order valence-corrected chi connectivity index (χ0v) is 73.9. The molecule has 4 aromatic heterocycles. The van der Waals surface area contributed by atoms with E-state index in [2.05, 4.69) is 79.8 Å². The first-order valence-electron chi connectivity index (χ1n) is 47.4. The van der Waals surface area contributed by atoms with Gasteiger partial charge >= 0.3 is 6.18 Å². The Balaban J connectivity index is 0.000000111. The highest BCUT2D eigenvalue weighted by Crippen LogP contribution is 2.71. The van der Waals surface area contributed by atoms with Gasteiger partial charge in [0, 0.05) is 75.9 Å². The van der Waals surface area contributed by atoms with Gasteiger partial charge in [0.15, 0.2) is 5.60 Å². The predicted octanol–water partition coefficient (Wildman–Crippen LogP) is 23.1. The number of carbonyl (C=O) groups is 4. The van der Waals surface area contributed by atoms with Gasteiger partial charge in [0.2, 0.25) is 0 Å². The van der Waals surface area contributed by atoms with Gasteiger partial charge in [-0.25, -0.2) is 0 Å². The highest BCUT2D eigenvalue weighted by atomic mass is 32.1. The zero-order chi connectivity index (χ0) is 81.3. The Hall–Kier alpha value is -3.38. The van der Waals surface area contributed by atoms with Crippen molar-refractivity contribution in [3.8, 4) is 0 Å². The average molecular weight is 1650 g/mol. The van der Waals surface area contributed by atoms with Crippen LogP contribution in [0.5, 0.6) is 0 Å². The topological polar surface area (TPSA) is 178 Å². The van der Waals surface area contributed by atoms with Crippen molar-refractivity contribution in [1.82, 2.24) is 10.2 Å². The van der Waals surface area contributed by atoms with Gasteiger partial charge in [-0.05, 0) is 432 Å². The Morgan fingerprint density at radius 2 is 0.698 bits per heavy atom. The molecule has 116 heavy (non-hydrogen) atoms. The molecule has 16 heteroatoms. The third kappa shape index (κ3) is 16.0. The van der Waals surface area contributed by atoms with Crippen molar-refractivity contribution in [2.24, 2.45) is 164 Å². The van der Waals surface area contributed by atoms with Crippen LogP contribution in [0.15, 0.2) is 64.8 Å². The first-order chi connectivity index (χ1) is 55.3. The van der Waals surface area contributed by atoms with Crippen molar-refractivity contribution < 1.29 is 52.8 Å². The van der Waals surface area contributed by atoms with Crippen LogP contribution < -0.4 is 0 Å². The molecular weight excluding hydrogens is 1510 g/mol. The molecule has 0 bridgehead atoms. The molecule has 16 saturated carbocycles. The molecule has 0 spiro atoms. The van der Waals surface area contributed by atoms with E-state index < -0.39 is 23.0 Å². The lowest BCUT2D eigenvalue weighted by Gasteiger charge is -2.57. The molecule has 0 radical (unpaired) electrons. The summed E-state index contributed by atoms with van der Waals surface area (Å²) in [4.78, 5) is 56.4. The normalized spacial score (nSPS) is 46.7. The number of fused-ring (bicyclic) bond motifs is 20. The number of thiophene rings is 3. The molecule has 32 atom stereocenters. The summed E-state index contributed by atoms with van der Waals surface area (Å²) in [6.07, 6.45) is 39.0. The van der Waals surface area contributed by atoms with E-state index in [0.29, 0.717) is 78.9 Å². The van der Waals surface area contributed by atoms with Crippen LogP contribution in [0.1, 0.15) is 306 Å². The van der Waals surface area contributed by atoms with Crippen molar-refractivity contribution in [3.05, 3.63) is 85.1 Å². The lowest BCUT2D eigenvalue weighted by atomic mass is 9.48. The van der Waals surface area contributed by atoms with Gasteiger partial charge in [-0.15, -0.1) is 34.0 Å². The molecule has 5 N–H and O–H groups in total. The number of H-pyrrole nitrogens is 1. The van der Waals surface area contributed by atoms with Gasteiger partial charge in [0.1, 0.15) is 23.1 Å². The van der Waals surface area contributed by atoms with E-state index in [1.807, 2.05) is 37.4 Å². The molecule has 0 saturated heterocycles. The standard InChI is InChI=1S/C26H38O2S.C25H33F3O2S.C25H36O2S.C24H36N2O2/c1-3-26(28)13-11-19-17(16-26)6-7-21-20(19)10-12-25(2)22(21)8-9-23(25)24(27)15-18-5-4-14-29-18;1-23-10-8-18-17-9-11-24(30,25(26,27)28)14-15(17)4-5-19(18)20(23)6-7-21(23)22(29)13-16-3-2-12-31-16;1-24(27)11-9-18-16(15-24)5-6-20-19(18)10-12-25(2)21(20)7-8-22(25)23(26)14-17-4-3-13-28-17;1-23(28)10-7-17-15(14-23)3-4-19-18(17)8-11-24(2)20(19)5-6-21(24)22(27)13-16-9-12-25-26-16/h4-5,14,17,19-23,28H,3,6-13,15-16H2,1-2H3;2-3,12,15,17-21,30H,4-11,13-14H2,1H3;3-4,13,16,18-22,27H,5-12,14-15H2,1-2H3;9,12,15,17-21,28H,3-8,10-11,13-14H2,1-2H3,(H,25,26)/t17-,19+,20-,21-,22+,23-,25+,26-;15-,17+,18-,19-,20+,21-,23+,24-;16-,18+,19-,20-,21+,22-,24-,25+;15-,17+,18-,19-,20+,21-,23-,24+/m1111/s1. The Bertz CT molecular complexity index is 3920. The predicted molar refractivity (Wildman–Crippen MR) is 456 cm³/mol. The summed E-state index contributed by atoms with van der Waals surface area (Å²) < 4.78 is 40.3. The van der Waals surface area contributed by atoms with E-state index >= 15 is 0 Å². The number of hydrogen-bond donors (Lipinski definition) is 5. The number of aromatic nitrogens is 2. The Morgan fingerprint density at radius 3 is 1.02 bits per heavy atom. The Labute approximate surface area is 704 Å². The molecular formula is C100H143F3N2O8S3. The molecule has 640 valence electrons. The van der Waals surface area contributed by atoms with Crippen molar-refractivity contribution in [1.29, 1.82) is 0 Å². The van der Waals surface area contributed by atoms with E-state index in [1.54, 1.807) is 40.2 Å². The van der Waals surface area contributed by atoms with Gasteiger partial charge in [-0.3, -0.25) is 24.3 Å². The minimum Gasteiger partial charge on any atom is -0.390 e. The smallest absolute Gasteiger partial charge is 0.390 e. The molecule has 0 aliphatic heterocycles. The van der Waals surface area contributed by atoms with Crippen LogP contribution in [0.3, 0.4) is 0 Å². The third-order valence-electron chi connectivity index (χ3n) is 39.0. The van der Waals surface area contributed by atoms with Crippen molar-refractivity contribution >= 4 is 57.1 Å². The molecule has 16 fully saturated rings. The molecule has 4 heterocycles. The summed E-state index contributed by atoms with van der Waals surface area (Å²) in [5.74, 6) is 16.6. The summed E-state index contributed by atoms with van der Waals surface area (Å²) in [7, 11) is 0. The molecule has 4 aromatic rings. The lowest BCUT2D eigenvalue weighted by molar-refractivity contribution is -0.282. The van der Waals surface area contributed by atoms with Crippen LogP contribution in [0, 0.1) is 164 Å². The van der Waals surface area contributed by atoms with E-state index in [0.717, 1.165) is 202 Å². The number of hydrogen-bond acceptors (Lipinski definition) is 12. The quantitative estimate of drug-likeness (QED) is 0.0871. The lowest BCUT2D eigenvalue weighted by Crippen LogP contribution is -2.55. The number of aromatic amines is 1. The van der Waals surface area contributed by atoms with Gasteiger partial charge < -0.3 is 20.4 Å². The molecule has 16 aliphatic carbocycles. The van der Waals surface area contributed by atoms with Crippen LogP contribution in [-0.4, -0.2) is 82.3 Å². The number of nitrogens with one attached hydrogen (secondary N) is 1. The van der Waals surface area contributed by atoms with Crippen LogP contribution in [-0.2, 0) is 44.9 Å². The first kappa shape index (κ1) is 84.8. The second kappa shape index (κ2) is 32.9. The second-order valence-corrected chi connectivity index (χ2v) is 47.5. The zero-order valence-electron chi connectivity index (χ0n) is 71.4. The summed E-state index contributed by atoms with van der Waals surface area (Å²) in [5, 5.41) is 55.4. The maximum absolute atomic E-state index is 13.4. The fraction of sp³-hybridized carbons (Fsp3) is 0.810. The summed E-state index contributed by atoms with van der Waals surface area (Å²) in [6.45, 7) is 16.0. The van der Waals surface area contributed by atoms with Crippen LogP contribution in [0.25, 0.3) is 0 Å². The molecule has 0 aromatic carbocycles. The molecule has 0 amide bonds. The Morgan fingerprint density at radius 1 is 0.379 bits per heavy atom. The number of ketones is 4. The van der Waals surface area contributed by atoms with E-state index in [9.17, 15) is 52.8 Å². The number of Topliss-reactive ketones (excluding diaryl/α,β-unsaturated/α-hetero) is 4. The van der Waals surface area contributed by atoms with Crippen LogP contribution in [0.2, 0.25) is 0 Å². The third-order valence-corrected chi connectivity index (χ3v) is 41.7. The average Bonchev–Trinajstić information content (AvgIpc) is 1.52. The summed E-state index contributed by atoms with van der Waals surface area (Å²) in [5.41, 5.74) is -2.06. The number of halogens is 3. The second-order valence-electron chi connectivity index (χ2n) is 44.4. The van der Waals surface area contributed by atoms with E-state index in [1.165, 1.54) is 125 Å².